The highest BCUT2D eigenvalue weighted by Crippen LogP contribution is 2.24. The molecule has 1 amide bonds. The quantitative estimate of drug-likeness (QED) is 0.443. The number of amides is 1. The molecule has 1 atom stereocenters. The molecule has 0 heterocycles. The Morgan fingerprint density at radius 3 is 2.29 bits per heavy atom. The van der Waals surface area contributed by atoms with Crippen molar-refractivity contribution in [1.29, 1.82) is 0 Å². The molecule has 0 fully saturated rings. The Morgan fingerprint density at radius 1 is 1.25 bits per heavy atom. The highest BCUT2D eigenvalue weighted by molar-refractivity contribution is 9.11. The van der Waals surface area contributed by atoms with Crippen molar-refractivity contribution < 1.29 is 23.4 Å². The number of benzene rings is 1. The van der Waals surface area contributed by atoms with Crippen molar-refractivity contribution in [2.45, 2.75) is 20.0 Å². The minimum absolute atomic E-state index is 0.165. The fourth-order valence-electron chi connectivity index (χ4n) is 1.69. The Labute approximate surface area is 158 Å². The minimum atomic E-state index is -3.67. The second-order valence-corrected chi connectivity index (χ2v) is 9.59. The van der Waals surface area contributed by atoms with Crippen LogP contribution in [0.1, 0.15) is 13.8 Å². The average molecular weight is 488 g/mol. The largest absolute Gasteiger partial charge is 0.396 e. The van der Waals surface area contributed by atoms with E-state index in [-0.39, 0.29) is 18.9 Å². The molecule has 0 radical (unpaired) electrons. The van der Waals surface area contributed by atoms with Gasteiger partial charge >= 0.3 is 0 Å². The Hall–Kier alpha value is -0.680. The van der Waals surface area contributed by atoms with E-state index in [9.17, 15) is 18.3 Å². The summed E-state index contributed by atoms with van der Waals surface area (Å²) in [6, 6.07) is 4.98. The van der Waals surface area contributed by atoms with Gasteiger partial charge in [-0.1, -0.05) is 45.7 Å². The van der Waals surface area contributed by atoms with E-state index in [1.54, 1.807) is 18.2 Å². The van der Waals surface area contributed by atoms with E-state index in [0.29, 0.717) is 14.6 Å². The van der Waals surface area contributed by atoms with Crippen LogP contribution in [0.15, 0.2) is 27.1 Å². The lowest BCUT2D eigenvalue weighted by molar-refractivity contribution is -0.136. The van der Waals surface area contributed by atoms with Gasteiger partial charge in [0.15, 0.2) is 0 Å². The molecule has 1 aromatic carbocycles. The van der Waals surface area contributed by atoms with Crippen molar-refractivity contribution in [1.82, 2.24) is 5.32 Å². The maximum atomic E-state index is 12.0. The summed E-state index contributed by atoms with van der Waals surface area (Å²) in [4.78, 5) is 11.8. The second kappa shape index (κ2) is 8.61. The number of rotatable bonds is 8. The number of sulfonamides is 1. The topological polar surface area (TPSA) is 116 Å². The van der Waals surface area contributed by atoms with Crippen LogP contribution >= 0.6 is 31.9 Å². The van der Waals surface area contributed by atoms with Crippen molar-refractivity contribution in [3.63, 3.8) is 0 Å². The van der Waals surface area contributed by atoms with Gasteiger partial charge in [-0.15, -0.1) is 0 Å². The number of carbonyl (C=O) groups excluding carboxylic acids is 1. The van der Waals surface area contributed by atoms with E-state index in [2.05, 4.69) is 41.9 Å². The molecular formula is C14H20Br2N2O5S. The van der Waals surface area contributed by atoms with E-state index in [4.69, 9.17) is 5.11 Å². The molecule has 1 rings (SSSR count). The van der Waals surface area contributed by atoms with Gasteiger partial charge in [0.25, 0.3) is 0 Å². The van der Waals surface area contributed by atoms with Gasteiger partial charge < -0.3 is 15.5 Å². The van der Waals surface area contributed by atoms with E-state index in [1.165, 1.54) is 13.8 Å². The fraction of sp³-hybridized carbons (Fsp3) is 0.500. The number of hydrogen-bond donors (Lipinski definition) is 4. The number of hydrogen-bond acceptors (Lipinski definition) is 5. The summed E-state index contributed by atoms with van der Waals surface area (Å²) in [5, 5.41) is 21.3. The molecular weight excluding hydrogens is 468 g/mol. The average Bonchev–Trinajstić information content (AvgIpc) is 2.44. The van der Waals surface area contributed by atoms with Crippen LogP contribution in [0, 0.1) is 5.41 Å². The minimum Gasteiger partial charge on any atom is -0.396 e. The molecule has 1 aromatic rings. The van der Waals surface area contributed by atoms with Gasteiger partial charge in [0.2, 0.25) is 15.9 Å². The summed E-state index contributed by atoms with van der Waals surface area (Å²) in [5.74, 6) is -1.08. The van der Waals surface area contributed by atoms with Gasteiger partial charge in [-0.2, -0.15) is 0 Å². The van der Waals surface area contributed by atoms with Crippen LogP contribution in [-0.4, -0.2) is 49.5 Å². The van der Waals surface area contributed by atoms with Crippen molar-refractivity contribution in [3.05, 3.63) is 27.1 Å². The Balaban J connectivity index is 2.58. The first-order chi connectivity index (χ1) is 11.0. The van der Waals surface area contributed by atoms with Gasteiger partial charge in [0.05, 0.1) is 18.0 Å². The van der Waals surface area contributed by atoms with Crippen LogP contribution in [0.3, 0.4) is 0 Å². The highest BCUT2D eigenvalue weighted by atomic mass is 79.9. The molecule has 0 aliphatic carbocycles. The molecule has 0 saturated carbocycles. The van der Waals surface area contributed by atoms with Crippen molar-refractivity contribution in [2.24, 2.45) is 5.41 Å². The van der Waals surface area contributed by atoms with Crippen molar-refractivity contribution >= 4 is 53.5 Å². The summed E-state index contributed by atoms with van der Waals surface area (Å²) < 4.78 is 27.9. The normalized spacial score (nSPS) is 13.4. The Morgan fingerprint density at radius 2 is 1.79 bits per heavy atom. The zero-order chi connectivity index (χ0) is 18.5. The van der Waals surface area contributed by atoms with Gasteiger partial charge in [0.1, 0.15) is 6.10 Å². The number of halogens is 2. The van der Waals surface area contributed by atoms with Gasteiger partial charge in [-0.25, -0.2) is 8.42 Å². The molecule has 24 heavy (non-hydrogen) atoms. The molecule has 7 nitrogen and oxygen atoms in total. The number of nitrogens with one attached hydrogen (secondary N) is 2. The molecule has 0 spiro atoms. The van der Waals surface area contributed by atoms with Crippen molar-refractivity contribution in [2.75, 3.05) is 23.6 Å². The van der Waals surface area contributed by atoms with Gasteiger partial charge in [-0.3, -0.25) is 9.52 Å². The van der Waals surface area contributed by atoms with E-state index < -0.39 is 27.4 Å². The fourth-order valence-corrected chi connectivity index (χ4v) is 3.93. The maximum Gasteiger partial charge on any atom is 0.249 e. The smallest absolute Gasteiger partial charge is 0.249 e. The highest BCUT2D eigenvalue weighted by Gasteiger charge is 2.32. The van der Waals surface area contributed by atoms with E-state index in [0.717, 1.165) is 0 Å². The third-order valence-corrected chi connectivity index (χ3v) is 5.41. The lowest BCUT2D eigenvalue weighted by atomic mass is 9.87. The molecule has 10 heteroatoms. The first-order valence-corrected chi connectivity index (χ1v) is 10.2. The number of carbonyl (C=O) groups is 1. The summed E-state index contributed by atoms with van der Waals surface area (Å²) in [5.41, 5.74) is -0.631. The zero-order valence-electron chi connectivity index (χ0n) is 13.2. The monoisotopic (exact) mass is 486 g/mol. The van der Waals surface area contributed by atoms with E-state index in [1.807, 2.05) is 0 Å². The molecule has 0 bridgehead atoms. The number of aliphatic hydroxyl groups excluding tert-OH is 2. The van der Waals surface area contributed by atoms with Crippen molar-refractivity contribution in [3.8, 4) is 0 Å². The molecule has 0 saturated heterocycles. The second-order valence-electron chi connectivity index (χ2n) is 5.92. The Bertz CT molecular complexity index is 674. The molecule has 0 aromatic heterocycles. The maximum absolute atomic E-state index is 12.0. The molecule has 4 N–H and O–H groups in total. The first-order valence-electron chi connectivity index (χ1n) is 7.00. The standard InChI is InChI=1S/C14H20Br2N2O5S/c1-14(2,8-19)12(20)13(21)17-3-4-24(22,23)18-11-6-9(15)5-10(16)7-11/h5-7,12,18-20H,3-4,8H2,1-2H3,(H,17,21)/t12-/m1/s1. The zero-order valence-corrected chi connectivity index (χ0v) is 17.2. The summed E-state index contributed by atoms with van der Waals surface area (Å²) in [6.07, 6.45) is -1.43. The lowest BCUT2D eigenvalue weighted by Crippen LogP contribution is -2.46. The Kier molecular flexibility index (Phi) is 7.67. The molecule has 0 aliphatic heterocycles. The lowest BCUT2D eigenvalue weighted by Gasteiger charge is -2.27. The molecule has 136 valence electrons. The number of anilines is 1. The van der Waals surface area contributed by atoms with Crippen LogP contribution in [-0.2, 0) is 14.8 Å². The van der Waals surface area contributed by atoms with Crippen LogP contribution in [0.25, 0.3) is 0 Å². The van der Waals surface area contributed by atoms with Crippen LogP contribution in [0.2, 0.25) is 0 Å². The summed E-state index contributed by atoms with van der Waals surface area (Å²) in [6.45, 7) is 2.52. The first kappa shape index (κ1) is 21.4. The van der Waals surface area contributed by atoms with Gasteiger partial charge in [-0.05, 0) is 18.2 Å². The number of aliphatic hydroxyl groups is 2. The summed E-state index contributed by atoms with van der Waals surface area (Å²) >= 11 is 6.53. The molecule has 0 aliphatic rings. The third-order valence-electron chi connectivity index (χ3n) is 3.20. The summed E-state index contributed by atoms with van der Waals surface area (Å²) in [7, 11) is -3.67. The van der Waals surface area contributed by atoms with E-state index >= 15 is 0 Å². The molecule has 0 unspecified atom stereocenters. The van der Waals surface area contributed by atoms with Crippen LogP contribution in [0.4, 0.5) is 5.69 Å². The predicted molar refractivity (Wildman–Crippen MR) is 99.1 cm³/mol. The third kappa shape index (κ3) is 6.67. The SMILES string of the molecule is CC(C)(CO)[C@H](O)C(=O)NCCS(=O)(=O)Nc1cc(Br)cc(Br)c1. The predicted octanol–water partition coefficient (Wildman–Crippen LogP) is 1.45. The van der Waals surface area contributed by atoms with Crippen LogP contribution in [0.5, 0.6) is 0 Å². The van der Waals surface area contributed by atoms with Crippen LogP contribution < -0.4 is 10.0 Å². The van der Waals surface area contributed by atoms with Gasteiger partial charge in [0, 0.05) is 20.9 Å².